The van der Waals surface area contributed by atoms with Crippen molar-refractivity contribution < 1.29 is 56.6 Å². The van der Waals surface area contributed by atoms with Gasteiger partial charge in [-0.25, -0.2) is 8.98 Å². The number of ether oxygens (including phenoxy) is 3. The molecule has 0 bridgehead atoms. The normalized spacial score (nSPS) is 43.4. The van der Waals surface area contributed by atoms with E-state index < -0.39 is 72.0 Å². The molecule has 13 heteroatoms. The van der Waals surface area contributed by atoms with Crippen LogP contribution in [0.15, 0.2) is 0 Å². The van der Waals surface area contributed by atoms with Gasteiger partial charge in [0.05, 0.1) is 24.9 Å². The number of aliphatic carboxylic acids is 1. The van der Waals surface area contributed by atoms with Crippen LogP contribution in [0.25, 0.3) is 0 Å². The lowest BCUT2D eigenvalue weighted by Crippen LogP contribution is -2.61. The Morgan fingerprint density at radius 1 is 1.11 bits per heavy atom. The molecule has 0 radical (unpaired) electrons. The summed E-state index contributed by atoms with van der Waals surface area (Å²) in [6.07, 6.45) is -10.4. The minimum absolute atomic E-state index is 0.0873. The van der Waals surface area contributed by atoms with Gasteiger partial charge in [-0.05, 0) is 6.92 Å². The van der Waals surface area contributed by atoms with Gasteiger partial charge in [0.2, 0.25) is 0 Å². The molecule has 5 N–H and O–H groups in total. The minimum atomic E-state index is -4.65. The van der Waals surface area contributed by atoms with Crippen LogP contribution in [0.1, 0.15) is 20.3 Å². The van der Waals surface area contributed by atoms with E-state index in [4.69, 9.17) is 23.9 Å². The number of rotatable bonds is 6. The van der Waals surface area contributed by atoms with Crippen LogP contribution < -0.4 is 0 Å². The smallest absolute Gasteiger partial charge is 0.397 e. The van der Waals surface area contributed by atoms with Crippen molar-refractivity contribution in [2.24, 2.45) is 5.92 Å². The number of carboxylic acids is 1. The van der Waals surface area contributed by atoms with Gasteiger partial charge in [0.25, 0.3) is 0 Å². The van der Waals surface area contributed by atoms with E-state index in [2.05, 4.69) is 4.18 Å². The summed E-state index contributed by atoms with van der Waals surface area (Å²) in [4.78, 5) is 11.2. The third-order valence-electron chi connectivity index (χ3n) is 4.75. The van der Waals surface area contributed by atoms with E-state index >= 15 is 0 Å². The molecule has 2 rings (SSSR count). The standard InChI is InChI=1S/C14H24O12S/c1-5-6(2)24-7(4-23-27(20,21)22)3-8(5)25-14-11(17)9(15)10(16)12(26-14)13(18)19/h5-12,14-17H,3-4H2,1-2H3,(H,18,19)(H,20,21,22)/t5?,6-,7?,8+,9+,10+,11?,12?,14-/m1/s1. The largest absolute Gasteiger partial charge is 0.479 e. The maximum Gasteiger partial charge on any atom is 0.397 e. The summed E-state index contributed by atoms with van der Waals surface area (Å²) in [7, 11) is -4.65. The summed E-state index contributed by atoms with van der Waals surface area (Å²) in [6.45, 7) is 2.98. The van der Waals surface area contributed by atoms with Crippen LogP contribution in [0.4, 0.5) is 0 Å². The SMILES string of the molecule is CC1[C@@H](O[C@@H]2OC(C(=O)O)[C@@H](O)[C@H](O)C2O)CC(COS(=O)(=O)O)O[C@@H]1C. The predicted molar refractivity (Wildman–Crippen MR) is 84.8 cm³/mol. The van der Waals surface area contributed by atoms with Crippen LogP contribution in [0.2, 0.25) is 0 Å². The zero-order valence-electron chi connectivity index (χ0n) is 14.6. The predicted octanol–water partition coefficient (Wildman–Crippen LogP) is -2.10. The molecule has 0 amide bonds. The summed E-state index contributed by atoms with van der Waals surface area (Å²) in [5, 5.41) is 38.7. The summed E-state index contributed by atoms with van der Waals surface area (Å²) in [5.41, 5.74) is 0. The molecular weight excluding hydrogens is 392 g/mol. The molecule has 0 saturated carbocycles. The van der Waals surface area contributed by atoms with Crippen molar-refractivity contribution in [3.8, 4) is 0 Å². The lowest BCUT2D eigenvalue weighted by atomic mass is 9.90. The monoisotopic (exact) mass is 416 g/mol. The molecule has 2 saturated heterocycles. The van der Waals surface area contributed by atoms with Crippen LogP contribution >= 0.6 is 0 Å². The van der Waals surface area contributed by atoms with E-state index in [9.17, 15) is 28.5 Å². The van der Waals surface area contributed by atoms with E-state index in [-0.39, 0.29) is 12.3 Å². The molecule has 0 aromatic rings. The molecule has 12 nitrogen and oxygen atoms in total. The van der Waals surface area contributed by atoms with Gasteiger partial charge in [-0.3, -0.25) is 4.55 Å². The molecule has 0 aromatic carbocycles. The second-order valence-corrected chi connectivity index (χ2v) is 7.77. The van der Waals surface area contributed by atoms with Crippen molar-refractivity contribution in [2.45, 2.75) is 69.3 Å². The number of aliphatic hydroxyl groups is 3. The molecule has 4 unspecified atom stereocenters. The van der Waals surface area contributed by atoms with Crippen molar-refractivity contribution in [1.29, 1.82) is 0 Å². The maximum absolute atomic E-state index is 11.2. The molecule has 0 aliphatic carbocycles. The van der Waals surface area contributed by atoms with Crippen molar-refractivity contribution in [3.63, 3.8) is 0 Å². The summed E-state index contributed by atoms with van der Waals surface area (Å²) < 4.78 is 50.7. The van der Waals surface area contributed by atoms with Gasteiger partial charge in [-0.1, -0.05) is 6.92 Å². The van der Waals surface area contributed by atoms with Gasteiger partial charge in [-0.15, -0.1) is 0 Å². The minimum Gasteiger partial charge on any atom is -0.479 e. The Morgan fingerprint density at radius 3 is 2.30 bits per heavy atom. The van der Waals surface area contributed by atoms with Crippen LogP contribution in [-0.2, 0) is 33.6 Å². The van der Waals surface area contributed by atoms with Gasteiger partial charge in [0, 0.05) is 12.3 Å². The fourth-order valence-corrected chi connectivity index (χ4v) is 3.37. The van der Waals surface area contributed by atoms with Crippen molar-refractivity contribution in [1.82, 2.24) is 0 Å². The Morgan fingerprint density at radius 2 is 1.74 bits per heavy atom. The van der Waals surface area contributed by atoms with E-state index in [1.807, 2.05) is 0 Å². The first-order valence-corrected chi connectivity index (χ1v) is 9.62. The average molecular weight is 416 g/mol. The highest BCUT2D eigenvalue weighted by Crippen LogP contribution is 2.31. The summed E-state index contributed by atoms with van der Waals surface area (Å²) in [6, 6.07) is 0. The topological polar surface area (TPSA) is 189 Å². The Hall–Kier alpha value is -0.900. The number of hydrogen-bond acceptors (Lipinski definition) is 10. The lowest BCUT2D eigenvalue weighted by Gasteiger charge is -2.44. The first-order chi connectivity index (χ1) is 12.4. The Bertz CT molecular complexity index is 624. The third kappa shape index (κ3) is 5.56. The highest BCUT2D eigenvalue weighted by Gasteiger charge is 2.49. The fraction of sp³-hybridized carbons (Fsp3) is 0.929. The molecule has 2 aliphatic rings. The quantitative estimate of drug-likeness (QED) is 0.297. The van der Waals surface area contributed by atoms with Gasteiger partial charge in [-0.2, -0.15) is 8.42 Å². The van der Waals surface area contributed by atoms with Crippen LogP contribution in [0.5, 0.6) is 0 Å². The number of aliphatic hydroxyl groups excluding tert-OH is 3. The average Bonchev–Trinajstić information content (AvgIpc) is 2.56. The molecule has 9 atom stereocenters. The van der Waals surface area contributed by atoms with E-state index in [1.54, 1.807) is 13.8 Å². The Labute approximate surface area is 155 Å². The van der Waals surface area contributed by atoms with Gasteiger partial charge in [0.1, 0.15) is 18.3 Å². The number of carbonyl (C=O) groups is 1. The van der Waals surface area contributed by atoms with Crippen molar-refractivity contribution in [2.75, 3.05) is 6.61 Å². The van der Waals surface area contributed by atoms with Crippen LogP contribution in [-0.4, -0.2) is 95.0 Å². The number of carboxylic acid groups (broad SMARTS) is 1. The first-order valence-electron chi connectivity index (χ1n) is 8.26. The van der Waals surface area contributed by atoms with Gasteiger partial charge < -0.3 is 34.6 Å². The molecular formula is C14H24O12S. The first kappa shape index (κ1) is 22.4. The molecule has 158 valence electrons. The molecule has 0 spiro atoms. The third-order valence-corrected chi connectivity index (χ3v) is 5.19. The van der Waals surface area contributed by atoms with Crippen molar-refractivity contribution >= 4 is 16.4 Å². The second kappa shape index (κ2) is 8.63. The summed E-state index contributed by atoms with van der Waals surface area (Å²) in [5.74, 6) is -1.80. The summed E-state index contributed by atoms with van der Waals surface area (Å²) >= 11 is 0. The number of hydrogen-bond donors (Lipinski definition) is 5. The molecule has 2 aliphatic heterocycles. The lowest BCUT2D eigenvalue weighted by molar-refractivity contribution is -0.317. The fourth-order valence-electron chi connectivity index (χ4n) is 3.04. The maximum atomic E-state index is 11.2. The Kier molecular flexibility index (Phi) is 7.16. The molecule has 2 fully saturated rings. The van der Waals surface area contributed by atoms with E-state index in [1.165, 1.54) is 0 Å². The van der Waals surface area contributed by atoms with Crippen molar-refractivity contribution in [3.05, 3.63) is 0 Å². The molecule has 27 heavy (non-hydrogen) atoms. The highest BCUT2D eigenvalue weighted by molar-refractivity contribution is 7.80. The van der Waals surface area contributed by atoms with E-state index in [0.29, 0.717) is 0 Å². The van der Waals surface area contributed by atoms with Crippen LogP contribution in [0, 0.1) is 5.92 Å². The Balaban J connectivity index is 2.07. The molecule has 0 aromatic heterocycles. The highest BCUT2D eigenvalue weighted by atomic mass is 32.3. The zero-order chi connectivity index (χ0) is 20.5. The second-order valence-electron chi connectivity index (χ2n) is 6.68. The van der Waals surface area contributed by atoms with Gasteiger partial charge in [0.15, 0.2) is 12.4 Å². The zero-order valence-corrected chi connectivity index (χ0v) is 15.4. The molecule has 2 heterocycles. The van der Waals surface area contributed by atoms with Gasteiger partial charge >= 0.3 is 16.4 Å². The van der Waals surface area contributed by atoms with E-state index in [0.717, 1.165) is 0 Å². The van der Waals surface area contributed by atoms with Crippen LogP contribution in [0.3, 0.4) is 0 Å².